The number of carbonyl (C=O) groups is 2. The summed E-state index contributed by atoms with van der Waals surface area (Å²) >= 11 is 0. The van der Waals surface area contributed by atoms with Crippen molar-refractivity contribution >= 4 is 11.9 Å². The Hall–Kier alpha value is -1.62. The summed E-state index contributed by atoms with van der Waals surface area (Å²) in [6.45, 7) is 0. The molecule has 14 heavy (non-hydrogen) atoms. The number of methoxy groups -OCH3 is 1. The number of aliphatic carboxylic acids is 2. The van der Waals surface area contributed by atoms with Crippen LogP contribution in [0.5, 0.6) is 0 Å². The lowest BCUT2D eigenvalue weighted by atomic mass is 9.92. The van der Waals surface area contributed by atoms with Crippen molar-refractivity contribution in [3.05, 3.63) is 23.8 Å². The first-order valence-electron chi connectivity index (χ1n) is 3.93. The molecular weight excluding hydrogens is 188 g/mol. The van der Waals surface area contributed by atoms with Gasteiger partial charge in [-0.2, -0.15) is 0 Å². The Bertz CT molecular complexity index is 328. The van der Waals surface area contributed by atoms with Crippen LogP contribution in [0.2, 0.25) is 0 Å². The van der Waals surface area contributed by atoms with E-state index in [0.29, 0.717) is 0 Å². The highest BCUT2D eigenvalue weighted by molar-refractivity contribution is 5.92. The van der Waals surface area contributed by atoms with Gasteiger partial charge in [-0.15, -0.1) is 0 Å². The molecule has 2 N–H and O–H groups in total. The molecule has 1 aliphatic carbocycles. The van der Waals surface area contributed by atoms with Gasteiger partial charge in [0, 0.05) is 13.5 Å². The smallest absolute Gasteiger partial charge is 0.340 e. The number of carboxylic acid groups (broad SMARTS) is 2. The van der Waals surface area contributed by atoms with Crippen LogP contribution in [-0.4, -0.2) is 34.9 Å². The Balaban J connectivity index is 2.90. The average molecular weight is 198 g/mol. The van der Waals surface area contributed by atoms with Gasteiger partial charge in [0.1, 0.15) is 0 Å². The molecule has 5 nitrogen and oxygen atoms in total. The van der Waals surface area contributed by atoms with E-state index in [0.717, 1.165) is 0 Å². The summed E-state index contributed by atoms with van der Waals surface area (Å²) in [6, 6.07) is 0. The van der Waals surface area contributed by atoms with E-state index in [4.69, 9.17) is 14.9 Å². The molecule has 76 valence electrons. The summed E-state index contributed by atoms with van der Waals surface area (Å²) in [5.41, 5.74) is -1.34. The van der Waals surface area contributed by atoms with Gasteiger partial charge in [-0.25, -0.2) is 9.59 Å². The zero-order chi connectivity index (χ0) is 10.8. The van der Waals surface area contributed by atoms with Crippen molar-refractivity contribution in [3.63, 3.8) is 0 Å². The normalized spacial score (nSPS) is 25.6. The van der Waals surface area contributed by atoms with E-state index in [1.807, 2.05) is 0 Å². The molecule has 0 radical (unpaired) electrons. The molecule has 1 rings (SSSR count). The number of hydrogen-bond acceptors (Lipinski definition) is 3. The maximum absolute atomic E-state index is 10.8. The van der Waals surface area contributed by atoms with Gasteiger partial charge in [0.25, 0.3) is 0 Å². The highest BCUT2D eigenvalue weighted by atomic mass is 16.5. The Kier molecular flexibility index (Phi) is 2.71. The van der Waals surface area contributed by atoms with Crippen LogP contribution in [0.25, 0.3) is 0 Å². The summed E-state index contributed by atoms with van der Waals surface area (Å²) < 4.78 is 4.84. The third-order valence-corrected chi connectivity index (χ3v) is 2.13. The molecule has 0 saturated heterocycles. The predicted octanol–water partition coefficient (Wildman–Crippen LogP) is 0.427. The van der Waals surface area contributed by atoms with Crippen molar-refractivity contribution in [2.24, 2.45) is 0 Å². The molecule has 0 spiro atoms. The minimum absolute atomic E-state index is 0.0248. The summed E-state index contributed by atoms with van der Waals surface area (Å²) in [5.74, 6) is -2.20. The molecule has 5 heteroatoms. The van der Waals surface area contributed by atoms with Crippen LogP contribution < -0.4 is 0 Å². The van der Waals surface area contributed by atoms with Gasteiger partial charge >= 0.3 is 11.9 Å². The van der Waals surface area contributed by atoms with E-state index < -0.39 is 17.5 Å². The van der Waals surface area contributed by atoms with Crippen LogP contribution in [-0.2, 0) is 14.3 Å². The first-order valence-corrected chi connectivity index (χ1v) is 3.93. The quantitative estimate of drug-likeness (QED) is 0.686. The fraction of sp³-hybridized carbons (Fsp3) is 0.333. The standard InChI is InChI=1S/C9H10O5/c1-14-9(8(12)13)4-2-6(3-5-9)7(10)11/h2-4H,5H2,1H3,(H,10,11)(H,12,13). The van der Waals surface area contributed by atoms with Crippen molar-refractivity contribution < 1.29 is 24.5 Å². The lowest BCUT2D eigenvalue weighted by molar-refractivity contribution is -0.156. The minimum atomic E-state index is -1.42. The van der Waals surface area contributed by atoms with Gasteiger partial charge < -0.3 is 14.9 Å². The molecule has 0 bridgehead atoms. The van der Waals surface area contributed by atoms with Crippen LogP contribution in [0.1, 0.15) is 6.42 Å². The molecule has 0 aromatic rings. The second kappa shape index (κ2) is 3.63. The minimum Gasteiger partial charge on any atom is -0.479 e. The maximum Gasteiger partial charge on any atom is 0.340 e. The Morgan fingerprint density at radius 2 is 2.14 bits per heavy atom. The van der Waals surface area contributed by atoms with Crippen LogP contribution in [0.3, 0.4) is 0 Å². The molecule has 0 fully saturated rings. The zero-order valence-electron chi connectivity index (χ0n) is 7.56. The highest BCUT2D eigenvalue weighted by Crippen LogP contribution is 2.24. The van der Waals surface area contributed by atoms with Crippen LogP contribution in [0, 0.1) is 0 Å². The highest BCUT2D eigenvalue weighted by Gasteiger charge is 2.37. The van der Waals surface area contributed by atoms with E-state index in [1.165, 1.54) is 25.3 Å². The van der Waals surface area contributed by atoms with E-state index in [1.54, 1.807) is 0 Å². The van der Waals surface area contributed by atoms with Crippen molar-refractivity contribution in [1.82, 2.24) is 0 Å². The first kappa shape index (κ1) is 10.5. The van der Waals surface area contributed by atoms with Gasteiger partial charge in [-0.1, -0.05) is 6.08 Å². The molecular formula is C9H10O5. The van der Waals surface area contributed by atoms with Gasteiger partial charge in [0.2, 0.25) is 0 Å². The topological polar surface area (TPSA) is 83.8 Å². The fourth-order valence-corrected chi connectivity index (χ4v) is 1.18. The number of ether oxygens (including phenoxy) is 1. The van der Waals surface area contributed by atoms with E-state index >= 15 is 0 Å². The lowest BCUT2D eigenvalue weighted by Crippen LogP contribution is -2.39. The van der Waals surface area contributed by atoms with Crippen LogP contribution in [0.4, 0.5) is 0 Å². The van der Waals surface area contributed by atoms with Crippen LogP contribution >= 0.6 is 0 Å². The molecule has 0 saturated carbocycles. The van der Waals surface area contributed by atoms with E-state index in [-0.39, 0.29) is 12.0 Å². The summed E-state index contributed by atoms with van der Waals surface area (Å²) in [6.07, 6.45) is 3.85. The van der Waals surface area contributed by atoms with E-state index in [2.05, 4.69) is 0 Å². The molecule has 1 aliphatic rings. The molecule has 1 atom stereocenters. The van der Waals surface area contributed by atoms with E-state index in [9.17, 15) is 9.59 Å². The molecule has 0 aromatic carbocycles. The average Bonchev–Trinajstić information content (AvgIpc) is 2.17. The number of carboxylic acids is 2. The largest absolute Gasteiger partial charge is 0.479 e. The molecule has 0 amide bonds. The maximum atomic E-state index is 10.8. The SMILES string of the molecule is COC1(C(=O)O)C=CC(C(=O)O)=CC1. The molecule has 0 aliphatic heterocycles. The van der Waals surface area contributed by atoms with Crippen molar-refractivity contribution in [1.29, 1.82) is 0 Å². The predicted molar refractivity (Wildman–Crippen MR) is 46.9 cm³/mol. The number of rotatable bonds is 3. The second-order valence-corrected chi connectivity index (χ2v) is 2.90. The fourth-order valence-electron chi connectivity index (χ4n) is 1.18. The van der Waals surface area contributed by atoms with Gasteiger partial charge in [-0.05, 0) is 12.2 Å². The third kappa shape index (κ3) is 1.67. The van der Waals surface area contributed by atoms with Crippen LogP contribution in [0.15, 0.2) is 23.8 Å². The number of hydrogen-bond donors (Lipinski definition) is 2. The van der Waals surface area contributed by atoms with Gasteiger partial charge in [0.15, 0.2) is 5.60 Å². The van der Waals surface area contributed by atoms with Gasteiger partial charge in [0.05, 0.1) is 5.57 Å². The van der Waals surface area contributed by atoms with Crippen molar-refractivity contribution in [3.8, 4) is 0 Å². The summed E-state index contributed by atoms with van der Waals surface area (Å²) in [5, 5.41) is 17.5. The van der Waals surface area contributed by atoms with Gasteiger partial charge in [-0.3, -0.25) is 0 Å². The summed E-state index contributed by atoms with van der Waals surface area (Å²) in [7, 11) is 1.28. The molecule has 0 aromatic heterocycles. The molecule has 0 heterocycles. The Morgan fingerprint density at radius 3 is 2.43 bits per heavy atom. The zero-order valence-corrected chi connectivity index (χ0v) is 7.56. The lowest BCUT2D eigenvalue weighted by Gasteiger charge is -2.25. The monoisotopic (exact) mass is 198 g/mol. The summed E-state index contributed by atoms with van der Waals surface area (Å²) in [4.78, 5) is 21.3. The second-order valence-electron chi connectivity index (χ2n) is 2.90. The molecule has 1 unspecified atom stereocenters. The first-order chi connectivity index (χ1) is 6.52. The Morgan fingerprint density at radius 1 is 1.50 bits per heavy atom. The third-order valence-electron chi connectivity index (χ3n) is 2.13. The Labute approximate surface area is 80.3 Å². The van der Waals surface area contributed by atoms with Crippen molar-refractivity contribution in [2.75, 3.05) is 7.11 Å². The van der Waals surface area contributed by atoms with Crippen molar-refractivity contribution in [2.45, 2.75) is 12.0 Å².